The fourth-order valence-electron chi connectivity index (χ4n) is 1.77. The Morgan fingerprint density at radius 2 is 2.26 bits per heavy atom. The van der Waals surface area contributed by atoms with Gasteiger partial charge in [-0.05, 0) is 24.1 Å². The summed E-state index contributed by atoms with van der Waals surface area (Å²) in [7, 11) is 1.56. The topological polar surface area (TPSA) is 85.5 Å². The number of methoxy groups -OCH3 is 1. The quantitative estimate of drug-likeness (QED) is 0.884. The van der Waals surface area contributed by atoms with Crippen molar-refractivity contribution < 1.29 is 19.1 Å². The molecule has 6 nitrogen and oxygen atoms in total. The second-order valence-electron chi connectivity index (χ2n) is 4.11. The number of hydrogen-bond donors (Lipinski definition) is 1. The molecule has 0 fully saturated rings. The van der Waals surface area contributed by atoms with Crippen LogP contribution in [0.4, 0.5) is 0 Å². The summed E-state index contributed by atoms with van der Waals surface area (Å²) in [5, 5.41) is 16.7. The molecule has 0 spiro atoms. The second kappa shape index (κ2) is 5.51. The monoisotopic (exact) mass is 262 g/mol. The zero-order valence-electron chi connectivity index (χ0n) is 10.7. The van der Waals surface area contributed by atoms with E-state index in [2.05, 4.69) is 10.2 Å². The normalized spacial score (nSPS) is 12.1. The highest BCUT2D eigenvalue weighted by Crippen LogP contribution is 2.22. The van der Waals surface area contributed by atoms with Crippen LogP contribution in [0.2, 0.25) is 0 Å². The average Bonchev–Trinajstić information content (AvgIpc) is 2.82. The van der Waals surface area contributed by atoms with Crippen molar-refractivity contribution in [2.75, 3.05) is 7.11 Å². The maximum Gasteiger partial charge on any atom is 0.316 e. The van der Waals surface area contributed by atoms with Crippen molar-refractivity contribution >= 4 is 5.97 Å². The maximum atomic E-state index is 11.3. The molecule has 1 N–H and O–H groups in total. The highest BCUT2D eigenvalue weighted by molar-refractivity contribution is 5.75. The van der Waals surface area contributed by atoms with E-state index in [1.54, 1.807) is 26.2 Å². The van der Waals surface area contributed by atoms with Crippen molar-refractivity contribution in [1.82, 2.24) is 10.2 Å². The summed E-state index contributed by atoms with van der Waals surface area (Å²) in [5.41, 5.74) is 0.836. The molecule has 0 bridgehead atoms. The van der Waals surface area contributed by atoms with E-state index in [1.807, 2.05) is 12.1 Å². The number of hydrogen-bond acceptors (Lipinski definition) is 5. The zero-order valence-corrected chi connectivity index (χ0v) is 10.7. The number of aryl methyl sites for hydroxylation is 1. The van der Waals surface area contributed by atoms with E-state index in [1.165, 1.54) is 0 Å². The minimum atomic E-state index is -0.994. The minimum absolute atomic E-state index is 0.118. The van der Waals surface area contributed by atoms with Crippen molar-refractivity contribution in [3.63, 3.8) is 0 Å². The van der Waals surface area contributed by atoms with Crippen LogP contribution in [0.15, 0.2) is 28.7 Å². The summed E-state index contributed by atoms with van der Waals surface area (Å²) in [6, 6.07) is 7.24. The number of rotatable bonds is 5. The van der Waals surface area contributed by atoms with E-state index in [9.17, 15) is 9.90 Å². The number of nitrogens with zero attached hydrogens (tertiary/aromatic N) is 2. The van der Waals surface area contributed by atoms with Crippen LogP contribution in [0.1, 0.15) is 23.3 Å². The SMILES string of the molecule is COc1cccc(CC(C(=O)O)c2nnc(C)o2)c1. The molecule has 0 aliphatic heterocycles. The number of carboxylic acids is 1. The molecular formula is C13H14N2O4. The lowest BCUT2D eigenvalue weighted by molar-refractivity contribution is -0.139. The number of ether oxygens (including phenoxy) is 1. The third-order valence-corrected chi connectivity index (χ3v) is 2.71. The average molecular weight is 262 g/mol. The predicted molar refractivity (Wildman–Crippen MR) is 66.1 cm³/mol. The van der Waals surface area contributed by atoms with Gasteiger partial charge in [0.1, 0.15) is 11.7 Å². The Labute approximate surface area is 110 Å². The van der Waals surface area contributed by atoms with Gasteiger partial charge in [0.25, 0.3) is 0 Å². The van der Waals surface area contributed by atoms with Crippen molar-refractivity contribution in [2.45, 2.75) is 19.3 Å². The molecule has 6 heteroatoms. The molecule has 1 aromatic carbocycles. The summed E-state index contributed by atoms with van der Waals surface area (Å²) < 4.78 is 10.3. The molecule has 2 aromatic rings. The molecule has 19 heavy (non-hydrogen) atoms. The lowest BCUT2D eigenvalue weighted by Crippen LogP contribution is -2.15. The van der Waals surface area contributed by atoms with Gasteiger partial charge in [-0.15, -0.1) is 10.2 Å². The standard InChI is InChI=1S/C13H14N2O4/c1-8-14-15-12(19-8)11(13(16)17)7-9-4-3-5-10(6-9)18-2/h3-6,11H,7H2,1-2H3,(H,16,17). The van der Waals surface area contributed by atoms with Gasteiger partial charge in [0.15, 0.2) is 0 Å². The van der Waals surface area contributed by atoms with Gasteiger partial charge in [0, 0.05) is 6.92 Å². The first-order valence-electron chi connectivity index (χ1n) is 5.76. The van der Waals surface area contributed by atoms with E-state index < -0.39 is 11.9 Å². The van der Waals surface area contributed by atoms with Gasteiger partial charge in [-0.25, -0.2) is 0 Å². The summed E-state index contributed by atoms with van der Waals surface area (Å²) >= 11 is 0. The largest absolute Gasteiger partial charge is 0.497 e. The predicted octanol–water partition coefficient (Wildman–Crippen LogP) is 1.80. The van der Waals surface area contributed by atoms with Gasteiger partial charge in [0.2, 0.25) is 11.8 Å². The Morgan fingerprint density at radius 3 is 2.84 bits per heavy atom. The fraction of sp³-hybridized carbons (Fsp3) is 0.308. The van der Waals surface area contributed by atoms with Crippen molar-refractivity contribution in [3.8, 4) is 5.75 Å². The first kappa shape index (κ1) is 13.1. The summed E-state index contributed by atoms with van der Waals surface area (Å²) in [5.74, 6) is -0.692. The van der Waals surface area contributed by atoms with Crippen molar-refractivity contribution in [1.29, 1.82) is 0 Å². The zero-order chi connectivity index (χ0) is 13.8. The van der Waals surface area contributed by atoms with Crippen LogP contribution in [0.5, 0.6) is 5.75 Å². The molecule has 0 saturated heterocycles. The number of carbonyl (C=O) groups is 1. The van der Waals surface area contributed by atoms with E-state index >= 15 is 0 Å². The Balaban J connectivity index is 2.23. The van der Waals surface area contributed by atoms with Gasteiger partial charge in [-0.1, -0.05) is 12.1 Å². The Morgan fingerprint density at radius 1 is 1.47 bits per heavy atom. The van der Waals surface area contributed by atoms with Crippen LogP contribution in [0.3, 0.4) is 0 Å². The molecule has 100 valence electrons. The third-order valence-electron chi connectivity index (χ3n) is 2.71. The second-order valence-corrected chi connectivity index (χ2v) is 4.11. The van der Waals surface area contributed by atoms with E-state index in [0.29, 0.717) is 11.6 Å². The van der Waals surface area contributed by atoms with Crippen LogP contribution >= 0.6 is 0 Å². The lowest BCUT2D eigenvalue weighted by atomic mass is 9.99. The summed E-state index contributed by atoms with van der Waals surface area (Å²) in [4.78, 5) is 11.3. The summed E-state index contributed by atoms with van der Waals surface area (Å²) in [6.45, 7) is 1.63. The molecule has 0 radical (unpaired) electrons. The van der Waals surface area contributed by atoms with Crippen LogP contribution in [-0.2, 0) is 11.2 Å². The molecular weight excluding hydrogens is 248 g/mol. The third kappa shape index (κ3) is 3.09. The molecule has 0 aliphatic carbocycles. The number of carboxylic acid groups (broad SMARTS) is 1. The molecule has 1 unspecified atom stereocenters. The van der Waals surface area contributed by atoms with Gasteiger partial charge in [-0.2, -0.15) is 0 Å². The summed E-state index contributed by atoms with van der Waals surface area (Å²) in [6.07, 6.45) is 0.272. The van der Waals surface area contributed by atoms with Gasteiger partial charge in [0.05, 0.1) is 7.11 Å². The molecule has 0 saturated carbocycles. The van der Waals surface area contributed by atoms with E-state index in [0.717, 1.165) is 5.56 Å². The number of aromatic nitrogens is 2. The van der Waals surface area contributed by atoms with Crippen LogP contribution < -0.4 is 4.74 Å². The van der Waals surface area contributed by atoms with E-state index in [4.69, 9.17) is 9.15 Å². The highest BCUT2D eigenvalue weighted by Gasteiger charge is 2.26. The molecule has 1 heterocycles. The van der Waals surface area contributed by atoms with Crippen LogP contribution in [0, 0.1) is 6.92 Å². The number of aliphatic carboxylic acids is 1. The molecule has 2 rings (SSSR count). The van der Waals surface area contributed by atoms with Crippen LogP contribution in [0.25, 0.3) is 0 Å². The Bertz CT molecular complexity index is 580. The van der Waals surface area contributed by atoms with Crippen molar-refractivity contribution in [3.05, 3.63) is 41.6 Å². The fourth-order valence-corrected chi connectivity index (χ4v) is 1.77. The minimum Gasteiger partial charge on any atom is -0.497 e. The van der Waals surface area contributed by atoms with Gasteiger partial charge < -0.3 is 14.3 Å². The smallest absolute Gasteiger partial charge is 0.316 e. The van der Waals surface area contributed by atoms with E-state index in [-0.39, 0.29) is 12.3 Å². The first-order chi connectivity index (χ1) is 9.10. The molecule has 0 aliphatic rings. The highest BCUT2D eigenvalue weighted by atomic mass is 16.5. The Kier molecular flexibility index (Phi) is 3.79. The molecule has 1 atom stereocenters. The Hall–Kier alpha value is -2.37. The molecule has 0 amide bonds. The van der Waals surface area contributed by atoms with Gasteiger partial charge >= 0.3 is 5.97 Å². The lowest BCUT2D eigenvalue weighted by Gasteiger charge is -2.09. The van der Waals surface area contributed by atoms with Crippen LogP contribution in [-0.4, -0.2) is 28.4 Å². The van der Waals surface area contributed by atoms with Gasteiger partial charge in [-0.3, -0.25) is 4.79 Å². The maximum absolute atomic E-state index is 11.3. The van der Waals surface area contributed by atoms with Crippen molar-refractivity contribution in [2.24, 2.45) is 0 Å². The first-order valence-corrected chi connectivity index (χ1v) is 5.76. The number of benzene rings is 1. The molecule has 1 aromatic heterocycles.